The Bertz CT molecular complexity index is 1190. The van der Waals surface area contributed by atoms with E-state index in [0.717, 1.165) is 23.2 Å². The van der Waals surface area contributed by atoms with Gasteiger partial charge in [-0.05, 0) is 43.3 Å². The number of hydrogen-bond donors (Lipinski definition) is 2. The van der Waals surface area contributed by atoms with Gasteiger partial charge in [-0.1, -0.05) is 30.3 Å². The second-order valence-corrected chi connectivity index (χ2v) is 6.94. The van der Waals surface area contributed by atoms with Gasteiger partial charge in [-0.3, -0.25) is 4.98 Å². The molecule has 0 aliphatic carbocycles. The number of alkyl halides is 3. The molecular formula is C23H18F3N3O. The summed E-state index contributed by atoms with van der Waals surface area (Å²) in [6.45, 7) is 1.82. The van der Waals surface area contributed by atoms with E-state index in [0.29, 0.717) is 16.8 Å². The number of nitrogens with one attached hydrogen (secondary N) is 1. The Morgan fingerprint density at radius 2 is 1.77 bits per heavy atom. The highest BCUT2D eigenvalue weighted by atomic mass is 19.4. The van der Waals surface area contributed by atoms with Gasteiger partial charge < -0.3 is 10.4 Å². The van der Waals surface area contributed by atoms with Gasteiger partial charge in [-0.2, -0.15) is 13.2 Å². The fraction of sp³-hybridized carbons (Fsp3) is 0.130. The number of hydrogen-bond acceptors (Lipinski definition) is 4. The molecule has 152 valence electrons. The minimum absolute atomic E-state index is 0.0358. The summed E-state index contributed by atoms with van der Waals surface area (Å²) in [7, 11) is 0. The van der Waals surface area contributed by atoms with Crippen LogP contribution in [-0.4, -0.2) is 15.1 Å². The molecule has 7 heteroatoms. The number of rotatable bonds is 4. The maximum absolute atomic E-state index is 13.1. The molecule has 0 fully saturated rings. The number of phenolic OH excluding ortho intramolecular Hbond substituents is 1. The lowest BCUT2D eigenvalue weighted by Crippen LogP contribution is -2.15. The number of pyridine rings is 2. The third-order valence-electron chi connectivity index (χ3n) is 4.80. The first-order valence-corrected chi connectivity index (χ1v) is 9.27. The van der Waals surface area contributed by atoms with Crippen LogP contribution in [0.15, 0.2) is 72.9 Å². The number of aryl methyl sites for hydroxylation is 1. The number of fused-ring (bicyclic) bond motifs is 1. The topological polar surface area (TPSA) is 58.0 Å². The van der Waals surface area contributed by atoms with Crippen molar-refractivity contribution in [2.45, 2.75) is 19.1 Å². The number of benzene rings is 2. The van der Waals surface area contributed by atoms with E-state index in [1.807, 2.05) is 25.1 Å². The molecule has 4 aromatic rings. The predicted octanol–water partition coefficient (Wildman–Crippen LogP) is 5.86. The molecule has 2 aromatic heterocycles. The van der Waals surface area contributed by atoms with Crippen molar-refractivity contribution in [3.8, 4) is 5.75 Å². The Kier molecular flexibility index (Phi) is 5.03. The normalized spacial score (nSPS) is 12.7. The second kappa shape index (κ2) is 7.67. The highest BCUT2D eigenvalue weighted by Gasteiger charge is 2.31. The van der Waals surface area contributed by atoms with Crippen LogP contribution in [0.1, 0.15) is 28.6 Å². The molecule has 0 aliphatic rings. The van der Waals surface area contributed by atoms with Crippen LogP contribution in [0.25, 0.3) is 10.9 Å². The Balaban J connectivity index is 1.83. The Labute approximate surface area is 171 Å². The minimum Gasteiger partial charge on any atom is -0.505 e. The molecule has 2 heterocycles. The van der Waals surface area contributed by atoms with Crippen LogP contribution in [0.2, 0.25) is 0 Å². The first kappa shape index (κ1) is 19.7. The number of aromatic nitrogens is 2. The van der Waals surface area contributed by atoms with E-state index in [1.54, 1.807) is 36.5 Å². The Hall–Kier alpha value is -3.61. The number of halogens is 3. The number of phenols is 1. The summed E-state index contributed by atoms with van der Waals surface area (Å²) in [5.41, 5.74) is 1.70. The lowest BCUT2D eigenvalue weighted by atomic mass is 9.99. The van der Waals surface area contributed by atoms with Crippen LogP contribution in [-0.2, 0) is 6.18 Å². The SMILES string of the molecule is Cc1ccc2ccc(C(Nc3cccc(C(F)(F)F)c3)c3ccccn3)c(O)c2n1. The fourth-order valence-corrected chi connectivity index (χ4v) is 3.33. The third kappa shape index (κ3) is 3.91. The van der Waals surface area contributed by atoms with Crippen LogP contribution in [0.5, 0.6) is 5.75 Å². The molecule has 1 atom stereocenters. The van der Waals surface area contributed by atoms with Crippen molar-refractivity contribution in [1.82, 2.24) is 9.97 Å². The van der Waals surface area contributed by atoms with Crippen LogP contribution in [0.4, 0.5) is 18.9 Å². The van der Waals surface area contributed by atoms with Crippen molar-refractivity contribution >= 4 is 16.6 Å². The van der Waals surface area contributed by atoms with E-state index in [-0.39, 0.29) is 11.4 Å². The highest BCUT2D eigenvalue weighted by Crippen LogP contribution is 2.37. The first-order valence-electron chi connectivity index (χ1n) is 9.27. The molecule has 0 radical (unpaired) electrons. The minimum atomic E-state index is -4.45. The van der Waals surface area contributed by atoms with E-state index in [9.17, 15) is 18.3 Å². The zero-order chi connectivity index (χ0) is 21.3. The maximum atomic E-state index is 13.1. The lowest BCUT2D eigenvalue weighted by molar-refractivity contribution is -0.137. The predicted molar refractivity (Wildman–Crippen MR) is 109 cm³/mol. The molecule has 2 aromatic carbocycles. The monoisotopic (exact) mass is 409 g/mol. The molecule has 1 unspecified atom stereocenters. The summed E-state index contributed by atoms with van der Waals surface area (Å²) < 4.78 is 39.4. The summed E-state index contributed by atoms with van der Waals surface area (Å²) in [6.07, 6.45) is -2.86. The summed E-state index contributed by atoms with van der Waals surface area (Å²) in [6, 6.07) is 16.8. The molecule has 0 spiro atoms. The van der Waals surface area contributed by atoms with Crippen molar-refractivity contribution in [3.05, 3.63) is 95.4 Å². The maximum Gasteiger partial charge on any atom is 0.416 e. The lowest BCUT2D eigenvalue weighted by Gasteiger charge is -2.22. The van der Waals surface area contributed by atoms with Gasteiger partial charge in [0.1, 0.15) is 11.3 Å². The Morgan fingerprint density at radius 1 is 0.967 bits per heavy atom. The quantitative estimate of drug-likeness (QED) is 0.443. The molecule has 0 amide bonds. The van der Waals surface area contributed by atoms with Gasteiger partial charge in [0.05, 0.1) is 17.3 Å². The fourth-order valence-electron chi connectivity index (χ4n) is 3.33. The molecule has 4 nitrogen and oxygen atoms in total. The summed E-state index contributed by atoms with van der Waals surface area (Å²) in [5, 5.41) is 14.8. The molecule has 0 saturated heterocycles. The molecule has 4 rings (SSSR count). The number of nitrogens with zero attached hydrogens (tertiary/aromatic N) is 2. The number of aromatic hydroxyl groups is 1. The molecular weight excluding hydrogens is 391 g/mol. The van der Waals surface area contributed by atoms with Gasteiger partial charge in [-0.15, -0.1) is 0 Å². The molecule has 0 bridgehead atoms. The average Bonchev–Trinajstić information content (AvgIpc) is 2.73. The third-order valence-corrected chi connectivity index (χ3v) is 4.80. The number of anilines is 1. The van der Waals surface area contributed by atoms with Gasteiger partial charge in [0.15, 0.2) is 0 Å². The second-order valence-electron chi connectivity index (χ2n) is 6.94. The van der Waals surface area contributed by atoms with Gasteiger partial charge in [0, 0.05) is 28.5 Å². The van der Waals surface area contributed by atoms with Crippen molar-refractivity contribution in [2.24, 2.45) is 0 Å². The molecule has 2 N–H and O–H groups in total. The van der Waals surface area contributed by atoms with Crippen molar-refractivity contribution < 1.29 is 18.3 Å². The zero-order valence-corrected chi connectivity index (χ0v) is 16.0. The van der Waals surface area contributed by atoms with Crippen LogP contribution in [0, 0.1) is 6.92 Å². The molecule has 30 heavy (non-hydrogen) atoms. The summed E-state index contributed by atoms with van der Waals surface area (Å²) in [5.74, 6) is -0.0358. The largest absolute Gasteiger partial charge is 0.505 e. The van der Waals surface area contributed by atoms with E-state index < -0.39 is 17.8 Å². The average molecular weight is 409 g/mol. The standard InChI is InChI=1S/C23H18F3N3O/c1-14-8-9-15-10-11-18(22(30)20(15)28-14)21(19-7-2-3-12-27-19)29-17-6-4-5-16(13-17)23(24,25)26/h2-13,21,29-30H,1H3. The van der Waals surface area contributed by atoms with Gasteiger partial charge in [0.25, 0.3) is 0 Å². The first-order chi connectivity index (χ1) is 14.3. The van der Waals surface area contributed by atoms with Gasteiger partial charge >= 0.3 is 6.18 Å². The van der Waals surface area contributed by atoms with E-state index in [1.165, 1.54) is 6.07 Å². The van der Waals surface area contributed by atoms with Crippen molar-refractivity contribution in [2.75, 3.05) is 5.32 Å². The van der Waals surface area contributed by atoms with Crippen LogP contribution >= 0.6 is 0 Å². The van der Waals surface area contributed by atoms with Crippen LogP contribution in [0.3, 0.4) is 0 Å². The Morgan fingerprint density at radius 3 is 2.50 bits per heavy atom. The van der Waals surface area contributed by atoms with Crippen molar-refractivity contribution in [1.29, 1.82) is 0 Å². The van der Waals surface area contributed by atoms with E-state index in [4.69, 9.17) is 0 Å². The summed E-state index contributed by atoms with van der Waals surface area (Å²) in [4.78, 5) is 8.76. The zero-order valence-electron chi connectivity index (χ0n) is 16.0. The van der Waals surface area contributed by atoms with E-state index >= 15 is 0 Å². The van der Waals surface area contributed by atoms with Gasteiger partial charge in [0.2, 0.25) is 0 Å². The van der Waals surface area contributed by atoms with Crippen molar-refractivity contribution in [3.63, 3.8) is 0 Å². The molecule has 0 saturated carbocycles. The highest BCUT2D eigenvalue weighted by molar-refractivity contribution is 5.86. The molecule has 0 aliphatic heterocycles. The smallest absolute Gasteiger partial charge is 0.416 e. The van der Waals surface area contributed by atoms with E-state index in [2.05, 4.69) is 15.3 Å². The van der Waals surface area contributed by atoms with Crippen LogP contribution < -0.4 is 5.32 Å². The van der Waals surface area contributed by atoms with Gasteiger partial charge in [-0.25, -0.2) is 4.98 Å². The summed E-state index contributed by atoms with van der Waals surface area (Å²) >= 11 is 0.